The van der Waals surface area contributed by atoms with Crippen LogP contribution >= 0.6 is 0 Å². The van der Waals surface area contributed by atoms with Gasteiger partial charge in [-0.05, 0) is 104 Å². The minimum atomic E-state index is -0.163. The van der Waals surface area contributed by atoms with E-state index in [4.69, 9.17) is 4.74 Å². The number of benzene rings is 4. The predicted molar refractivity (Wildman–Crippen MR) is 187 cm³/mol. The molecule has 0 radical (unpaired) electrons. The molecule has 2 aliphatic rings. The van der Waals surface area contributed by atoms with E-state index < -0.39 is 0 Å². The van der Waals surface area contributed by atoms with E-state index in [1.54, 1.807) is 0 Å². The summed E-state index contributed by atoms with van der Waals surface area (Å²) in [7, 11) is 2.19. The molecule has 46 heavy (non-hydrogen) atoms. The Balaban J connectivity index is 1.10. The fourth-order valence-corrected chi connectivity index (χ4v) is 6.55. The van der Waals surface area contributed by atoms with E-state index >= 15 is 0 Å². The van der Waals surface area contributed by atoms with Gasteiger partial charge in [-0.3, -0.25) is 14.5 Å². The van der Waals surface area contributed by atoms with Gasteiger partial charge in [0.2, 0.25) is 0 Å². The van der Waals surface area contributed by atoms with E-state index in [1.807, 2.05) is 91.9 Å². The van der Waals surface area contributed by atoms with Gasteiger partial charge in [0, 0.05) is 53.9 Å². The number of hydrogen-bond donors (Lipinski definition) is 2. The van der Waals surface area contributed by atoms with Gasteiger partial charge in [-0.1, -0.05) is 55.7 Å². The third kappa shape index (κ3) is 7.66. The fraction of sp³-hybridized carbons (Fsp3) is 0.333. The first-order valence-corrected chi connectivity index (χ1v) is 16.5. The molecule has 2 amide bonds. The summed E-state index contributed by atoms with van der Waals surface area (Å²) in [6.45, 7) is 6.05. The number of morpholine rings is 1. The van der Waals surface area contributed by atoms with Crippen LogP contribution in [-0.4, -0.2) is 56.1 Å². The monoisotopic (exact) mass is 616 g/mol. The first-order valence-electron chi connectivity index (χ1n) is 16.5. The van der Waals surface area contributed by atoms with Crippen LogP contribution in [0.5, 0.6) is 0 Å². The second-order valence-corrected chi connectivity index (χ2v) is 12.5. The molecule has 7 heteroatoms. The van der Waals surface area contributed by atoms with Crippen LogP contribution in [0.15, 0.2) is 91.0 Å². The number of hydrogen-bond acceptors (Lipinski definition) is 5. The van der Waals surface area contributed by atoms with E-state index in [9.17, 15) is 9.59 Å². The van der Waals surface area contributed by atoms with E-state index in [-0.39, 0.29) is 11.8 Å². The van der Waals surface area contributed by atoms with Gasteiger partial charge in [-0.15, -0.1) is 0 Å². The molecule has 0 unspecified atom stereocenters. The largest absolute Gasteiger partial charge is 0.378 e. The van der Waals surface area contributed by atoms with Crippen molar-refractivity contribution >= 4 is 28.9 Å². The lowest BCUT2D eigenvalue weighted by molar-refractivity contribution is 0.101. The molecule has 1 aliphatic carbocycles. The number of carbonyl (C=O) groups is 2. The van der Waals surface area contributed by atoms with Gasteiger partial charge < -0.3 is 20.3 Å². The van der Waals surface area contributed by atoms with Gasteiger partial charge in [0.15, 0.2) is 0 Å². The molecule has 6 rings (SSSR count). The van der Waals surface area contributed by atoms with Crippen molar-refractivity contribution in [3.63, 3.8) is 0 Å². The summed E-state index contributed by atoms with van der Waals surface area (Å²) >= 11 is 0. The average Bonchev–Trinajstić information content (AvgIpc) is 3.10. The molecule has 1 saturated heterocycles. The third-order valence-corrected chi connectivity index (χ3v) is 9.34. The summed E-state index contributed by atoms with van der Waals surface area (Å²) in [6, 6.07) is 30.0. The molecule has 0 aromatic heterocycles. The number of aryl methyl sites for hydroxylation is 1. The summed E-state index contributed by atoms with van der Waals surface area (Å²) in [4.78, 5) is 31.2. The maximum absolute atomic E-state index is 13.3. The van der Waals surface area contributed by atoms with Crippen LogP contribution in [0.1, 0.15) is 63.9 Å². The first kappa shape index (κ1) is 31.5. The molecular weight excluding hydrogens is 572 g/mol. The van der Waals surface area contributed by atoms with Crippen molar-refractivity contribution in [1.29, 1.82) is 0 Å². The minimum Gasteiger partial charge on any atom is -0.378 e. The Hall–Kier alpha value is -4.46. The molecule has 2 N–H and O–H groups in total. The fourth-order valence-electron chi connectivity index (χ4n) is 6.55. The molecule has 4 aromatic carbocycles. The maximum Gasteiger partial charge on any atom is 0.255 e. The number of amides is 2. The molecule has 0 atom stereocenters. The second kappa shape index (κ2) is 14.8. The molecule has 238 valence electrons. The Labute approximate surface area is 272 Å². The molecule has 7 nitrogen and oxygen atoms in total. The smallest absolute Gasteiger partial charge is 0.255 e. The quantitative estimate of drug-likeness (QED) is 0.201. The predicted octanol–water partition coefficient (Wildman–Crippen LogP) is 7.77. The van der Waals surface area contributed by atoms with Crippen LogP contribution in [0.4, 0.5) is 17.1 Å². The first-order chi connectivity index (χ1) is 22.4. The van der Waals surface area contributed by atoms with Gasteiger partial charge in [0.1, 0.15) is 0 Å². The average molecular weight is 617 g/mol. The van der Waals surface area contributed by atoms with E-state index in [0.717, 1.165) is 72.2 Å². The van der Waals surface area contributed by atoms with Crippen molar-refractivity contribution in [3.8, 4) is 11.1 Å². The molecule has 0 bridgehead atoms. The van der Waals surface area contributed by atoms with Gasteiger partial charge in [-0.2, -0.15) is 0 Å². The van der Waals surface area contributed by atoms with E-state index in [0.29, 0.717) is 17.2 Å². The van der Waals surface area contributed by atoms with Crippen molar-refractivity contribution < 1.29 is 14.3 Å². The number of nitrogens with zero attached hydrogens (tertiary/aromatic N) is 2. The Morgan fingerprint density at radius 3 is 2.22 bits per heavy atom. The van der Waals surface area contributed by atoms with Crippen molar-refractivity contribution in [3.05, 3.63) is 113 Å². The van der Waals surface area contributed by atoms with Crippen LogP contribution in [-0.2, 0) is 11.3 Å². The normalized spacial score (nSPS) is 15.5. The van der Waals surface area contributed by atoms with E-state index in [2.05, 4.69) is 33.5 Å². The van der Waals surface area contributed by atoms with Crippen LogP contribution < -0.4 is 15.5 Å². The van der Waals surface area contributed by atoms with Crippen LogP contribution in [0.3, 0.4) is 0 Å². The molecule has 2 fully saturated rings. The maximum atomic E-state index is 13.3. The van der Waals surface area contributed by atoms with Crippen molar-refractivity contribution in [2.45, 2.75) is 51.6 Å². The Morgan fingerprint density at radius 1 is 0.804 bits per heavy atom. The Kier molecular flexibility index (Phi) is 10.1. The van der Waals surface area contributed by atoms with Gasteiger partial charge >= 0.3 is 0 Å². The molecular formula is C39H44N4O3. The Bertz CT molecular complexity index is 1640. The lowest BCUT2D eigenvalue weighted by Gasteiger charge is -2.31. The topological polar surface area (TPSA) is 73.9 Å². The van der Waals surface area contributed by atoms with Crippen LogP contribution in [0, 0.1) is 6.92 Å². The van der Waals surface area contributed by atoms with Gasteiger partial charge in [0.05, 0.1) is 13.2 Å². The highest BCUT2D eigenvalue weighted by Crippen LogP contribution is 2.28. The zero-order chi connectivity index (χ0) is 31.9. The van der Waals surface area contributed by atoms with Crippen LogP contribution in [0.25, 0.3) is 11.1 Å². The SMILES string of the molecule is Cc1ccc(C(=O)Nc2ccc(N3CCOCC3)cc2)cc1-c1ccc(C(=O)Nc2ccccc2CN(C)C2CCCCC2)cc1. The standard InChI is InChI=1S/C39H44N4O3/c1-28-12-13-31(39(45)40-33-18-20-35(21-19-33)43-22-24-46-25-23-43)26-36(28)29-14-16-30(17-15-29)38(44)41-37-11-7-6-8-32(37)27-42(2)34-9-4-3-5-10-34/h6-8,11-21,26,34H,3-5,9-10,22-25,27H2,1-2H3,(H,40,45)(H,41,44). The lowest BCUT2D eigenvalue weighted by atomic mass is 9.94. The number of anilines is 3. The second-order valence-electron chi connectivity index (χ2n) is 12.5. The summed E-state index contributed by atoms with van der Waals surface area (Å²) in [5, 5.41) is 6.18. The Morgan fingerprint density at radius 2 is 1.48 bits per heavy atom. The zero-order valence-corrected chi connectivity index (χ0v) is 26.9. The minimum absolute atomic E-state index is 0.135. The van der Waals surface area contributed by atoms with Crippen LogP contribution in [0.2, 0.25) is 0 Å². The van der Waals surface area contributed by atoms with Crippen molar-refractivity contribution in [2.75, 3.05) is 48.9 Å². The van der Waals surface area contributed by atoms with Gasteiger partial charge in [0.25, 0.3) is 11.8 Å². The van der Waals surface area contributed by atoms with Crippen molar-refractivity contribution in [1.82, 2.24) is 4.90 Å². The molecule has 0 spiro atoms. The molecule has 1 saturated carbocycles. The lowest BCUT2D eigenvalue weighted by Crippen LogP contribution is -2.36. The number of ether oxygens (including phenoxy) is 1. The number of rotatable bonds is 9. The summed E-state index contributed by atoms with van der Waals surface area (Å²) in [6.07, 6.45) is 6.42. The highest BCUT2D eigenvalue weighted by molar-refractivity contribution is 6.06. The summed E-state index contributed by atoms with van der Waals surface area (Å²) < 4.78 is 5.45. The number of nitrogens with one attached hydrogen (secondary N) is 2. The van der Waals surface area contributed by atoms with E-state index in [1.165, 1.54) is 32.1 Å². The molecule has 1 aliphatic heterocycles. The molecule has 4 aromatic rings. The number of carbonyl (C=O) groups excluding carboxylic acids is 2. The van der Waals surface area contributed by atoms with Crippen molar-refractivity contribution in [2.24, 2.45) is 0 Å². The zero-order valence-electron chi connectivity index (χ0n) is 26.9. The highest BCUT2D eigenvalue weighted by atomic mass is 16.5. The van der Waals surface area contributed by atoms with Gasteiger partial charge in [-0.25, -0.2) is 0 Å². The third-order valence-electron chi connectivity index (χ3n) is 9.34. The number of para-hydroxylation sites is 1. The summed E-state index contributed by atoms with van der Waals surface area (Å²) in [5.74, 6) is -0.298. The molecule has 1 heterocycles. The summed E-state index contributed by atoms with van der Waals surface area (Å²) in [5.41, 5.74) is 7.99. The highest BCUT2D eigenvalue weighted by Gasteiger charge is 2.20.